The van der Waals surface area contributed by atoms with Crippen LogP contribution in [-0.2, 0) is 6.42 Å². The number of hydrogen-bond acceptors (Lipinski definition) is 7. The van der Waals surface area contributed by atoms with E-state index in [1.165, 1.54) is 6.07 Å². The summed E-state index contributed by atoms with van der Waals surface area (Å²) in [5, 5.41) is 3.12. The standard InChI is InChI=1S/C23H23FN6O/c1-26-19-7-13(24)6-16-15(19)8-20-21(16)22(30-10-12-5-18(25)17(12)11-30)29-23(28-20)31-14-3-2-4-27-9-14/h2-4,6-7,9,12,17-18,26H,5,8,10-11,25H2,1H3/t12?,17?,18-/m1/s1. The molecule has 2 unspecified atom stereocenters. The molecule has 158 valence electrons. The summed E-state index contributed by atoms with van der Waals surface area (Å²) in [5.74, 6) is 2.17. The van der Waals surface area contributed by atoms with Gasteiger partial charge in [-0.1, -0.05) is 0 Å². The number of aromatic nitrogens is 3. The van der Waals surface area contributed by atoms with Gasteiger partial charge in [-0.3, -0.25) is 4.98 Å². The molecule has 2 aromatic heterocycles. The monoisotopic (exact) mass is 418 g/mol. The van der Waals surface area contributed by atoms with Gasteiger partial charge in [0, 0.05) is 50.0 Å². The summed E-state index contributed by atoms with van der Waals surface area (Å²) < 4.78 is 20.4. The van der Waals surface area contributed by atoms with Crippen LogP contribution >= 0.6 is 0 Å². The van der Waals surface area contributed by atoms with Crippen molar-refractivity contribution in [3.8, 4) is 22.9 Å². The van der Waals surface area contributed by atoms with Crippen molar-refractivity contribution in [2.45, 2.75) is 18.9 Å². The molecule has 0 radical (unpaired) electrons. The summed E-state index contributed by atoms with van der Waals surface area (Å²) in [6.45, 7) is 1.75. The molecule has 2 aliphatic carbocycles. The van der Waals surface area contributed by atoms with Gasteiger partial charge in [-0.05, 0) is 53.6 Å². The van der Waals surface area contributed by atoms with E-state index in [2.05, 4.69) is 15.2 Å². The average Bonchev–Trinajstić information content (AvgIpc) is 3.31. The minimum Gasteiger partial charge on any atom is -0.423 e. The first-order valence-corrected chi connectivity index (χ1v) is 10.6. The van der Waals surface area contributed by atoms with Gasteiger partial charge in [-0.25, -0.2) is 4.39 Å². The molecule has 0 spiro atoms. The number of nitrogens with one attached hydrogen (secondary N) is 1. The van der Waals surface area contributed by atoms with Crippen LogP contribution in [0.25, 0.3) is 11.1 Å². The molecule has 1 saturated carbocycles. The quantitative estimate of drug-likeness (QED) is 0.526. The maximum atomic E-state index is 14.4. The maximum Gasteiger partial charge on any atom is 0.324 e. The highest BCUT2D eigenvalue weighted by Crippen LogP contribution is 2.48. The molecule has 31 heavy (non-hydrogen) atoms. The fraction of sp³-hybridized carbons (Fsp3) is 0.348. The third-order valence-corrected chi connectivity index (χ3v) is 6.80. The molecule has 3 N–H and O–H groups in total. The van der Waals surface area contributed by atoms with Gasteiger partial charge in [0.1, 0.15) is 17.4 Å². The van der Waals surface area contributed by atoms with Crippen LogP contribution < -0.4 is 20.7 Å². The highest BCUT2D eigenvalue weighted by molar-refractivity contribution is 5.88. The van der Waals surface area contributed by atoms with E-state index in [9.17, 15) is 4.39 Å². The Labute approximate surface area is 179 Å². The van der Waals surface area contributed by atoms with Gasteiger partial charge >= 0.3 is 6.01 Å². The Morgan fingerprint density at radius 3 is 2.90 bits per heavy atom. The summed E-state index contributed by atoms with van der Waals surface area (Å²) in [6, 6.07) is 7.27. The lowest BCUT2D eigenvalue weighted by atomic mass is 9.72. The van der Waals surface area contributed by atoms with E-state index in [-0.39, 0.29) is 17.9 Å². The molecule has 3 aliphatic rings. The smallest absolute Gasteiger partial charge is 0.324 e. The van der Waals surface area contributed by atoms with Crippen molar-refractivity contribution < 1.29 is 9.13 Å². The zero-order chi connectivity index (χ0) is 21.1. The number of benzene rings is 1. The van der Waals surface area contributed by atoms with Crippen LogP contribution in [0.15, 0.2) is 36.7 Å². The lowest BCUT2D eigenvalue weighted by Crippen LogP contribution is -2.46. The first kappa shape index (κ1) is 18.5. The molecule has 0 amide bonds. The summed E-state index contributed by atoms with van der Waals surface area (Å²) in [5.41, 5.74) is 10.6. The number of ether oxygens (including phenoxy) is 1. The molecule has 3 atom stereocenters. The first-order valence-electron chi connectivity index (χ1n) is 10.6. The second-order valence-electron chi connectivity index (χ2n) is 8.58. The third kappa shape index (κ3) is 2.93. The molecule has 8 heteroatoms. The van der Waals surface area contributed by atoms with Gasteiger partial charge in [0.05, 0.1) is 11.9 Å². The fourth-order valence-electron chi connectivity index (χ4n) is 5.24. The van der Waals surface area contributed by atoms with E-state index in [0.717, 1.165) is 53.4 Å². The van der Waals surface area contributed by atoms with Gasteiger partial charge in [-0.2, -0.15) is 9.97 Å². The van der Waals surface area contributed by atoms with Gasteiger partial charge in [0.2, 0.25) is 0 Å². The molecule has 3 aromatic rings. The topological polar surface area (TPSA) is 89.2 Å². The van der Waals surface area contributed by atoms with Crippen LogP contribution in [0.4, 0.5) is 15.9 Å². The third-order valence-electron chi connectivity index (χ3n) is 6.80. The fourth-order valence-corrected chi connectivity index (χ4v) is 5.24. The van der Waals surface area contributed by atoms with Crippen molar-refractivity contribution in [3.05, 3.63) is 53.7 Å². The van der Waals surface area contributed by atoms with E-state index >= 15 is 0 Å². The number of rotatable bonds is 4. The van der Waals surface area contributed by atoms with E-state index in [1.807, 2.05) is 6.07 Å². The van der Waals surface area contributed by atoms with Crippen molar-refractivity contribution in [1.29, 1.82) is 0 Å². The highest BCUT2D eigenvalue weighted by Gasteiger charge is 2.46. The molecule has 1 saturated heterocycles. The second kappa shape index (κ2) is 6.88. The Morgan fingerprint density at radius 1 is 1.26 bits per heavy atom. The maximum absolute atomic E-state index is 14.4. The first-order chi connectivity index (χ1) is 15.1. The summed E-state index contributed by atoms with van der Waals surface area (Å²) in [4.78, 5) is 15.9. The predicted octanol–water partition coefficient (Wildman–Crippen LogP) is 3.20. The number of pyridine rings is 1. The molecular weight excluding hydrogens is 395 g/mol. The number of anilines is 2. The zero-order valence-corrected chi connectivity index (χ0v) is 17.2. The minimum absolute atomic E-state index is 0.247. The van der Waals surface area contributed by atoms with E-state index in [0.29, 0.717) is 24.0 Å². The number of fused-ring (bicyclic) bond motifs is 4. The van der Waals surface area contributed by atoms with Crippen molar-refractivity contribution >= 4 is 11.5 Å². The Hall–Kier alpha value is -3.26. The predicted molar refractivity (Wildman–Crippen MR) is 116 cm³/mol. The number of nitrogens with two attached hydrogens (primary N) is 1. The molecule has 7 nitrogen and oxygen atoms in total. The van der Waals surface area contributed by atoms with Crippen molar-refractivity contribution in [1.82, 2.24) is 15.0 Å². The molecule has 2 fully saturated rings. The Balaban J connectivity index is 1.47. The number of halogens is 1. The zero-order valence-electron chi connectivity index (χ0n) is 17.2. The number of hydrogen-bond donors (Lipinski definition) is 2. The lowest BCUT2D eigenvalue weighted by molar-refractivity contribution is 0.194. The summed E-state index contributed by atoms with van der Waals surface area (Å²) >= 11 is 0. The average molecular weight is 418 g/mol. The summed E-state index contributed by atoms with van der Waals surface area (Å²) in [7, 11) is 1.81. The largest absolute Gasteiger partial charge is 0.423 e. The van der Waals surface area contributed by atoms with Gasteiger partial charge in [-0.15, -0.1) is 0 Å². The highest BCUT2D eigenvalue weighted by atomic mass is 19.1. The van der Waals surface area contributed by atoms with Crippen molar-refractivity contribution in [3.63, 3.8) is 0 Å². The van der Waals surface area contributed by atoms with Crippen LogP contribution in [0.1, 0.15) is 17.7 Å². The minimum atomic E-state index is -0.277. The molecule has 1 aromatic carbocycles. The van der Waals surface area contributed by atoms with E-state index in [1.54, 1.807) is 31.6 Å². The molecule has 0 bridgehead atoms. The molecule has 1 aliphatic heterocycles. The van der Waals surface area contributed by atoms with Crippen molar-refractivity contribution in [2.24, 2.45) is 17.6 Å². The van der Waals surface area contributed by atoms with Gasteiger partial charge < -0.3 is 20.7 Å². The second-order valence-corrected chi connectivity index (χ2v) is 8.58. The van der Waals surface area contributed by atoms with E-state index < -0.39 is 0 Å². The van der Waals surface area contributed by atoms with Gasteiger partial charge in [0.25, 0.3) is 0 Å². The van der Waals surface area contributed by atoms with Gasteiger partial charge in [0.15, 0.2) is 0 Å². The SMILES string of the molecule is CNc1cc(F)cc2c1Cc1nc(Oc3cccnc3)nc(N3CC4C[C@@H](N)C4C3)c1-2. The van der Waals surface area contributed by atoms with Crippen LogP contribution in [0.5, 0.6) is 11.8 Å². The molecule has 3 heterocycles. The van der Waals surface area contributed by atoms with Crippen LogP contribution in [0, 0.1) is 17.7 Å². The lowest BCUT2D eigenvalue weighted by Gasteiger charge is -2.36. The normalized spacial score (nSPS) is 23.1. The van der Waals surface area contributed by atoms with Crippen molar-refractivity contribution in [2.75, 3.05) is 30.4 Å². The van der Waals surface area contributed by atoms with Crippen LogP contribution in [0.3, 0.4) is 0 Å². The Bertz CT molecular complexity index is 1170. The number of nitrogens with zero attached hydrogens (tertiary/aromatic N) is 4. The van der Waals surface area contributed by atoms with E-state index in [4.69, 9.17) is 20.4 Å². The summed E-state index contributed by atoms with van der Waals surface area (Å²) in [6.07, 6.45) is 4.97. The van der Waals surface area contributed by atoms with Crippen LogP contribution in [-0.4, -0.2) is 41.1 Å². The van der Waals surface area contributed by atoms with Crippen LogP contribution in [0.2, 0.25) is 0 Å². The Kier molecular flexibility index (Phi) is 4.11. The molecular formula is C23H23FN6O. The molecule has 6 rings (SSSR count). The Morgan fingerprint density at radius 2 is 2.16 bits per heavy atom.